The second kappa shape index (κ2) is 5.68. The minimum atomic E-state index is 0.177. The number of hydrogen-bond donors (Lipinski definition) is 1. The summed E-state index contributed by atoms with van der Waals surface area (Å²) in [6.07, 6.45) is 0.421. The molecule has 92 valence electrons. The van der Waals surface area contributed by atoms with Crippen LogP contribution >= 0.6 is 0 Å². The quantitative estimate of drug-likeness (QED) is 0.835. The van der Waals surface area contributed by atoms with E-state index in [4.69, 9.17) is 4.74 Å². The Morgan fingerprint density at radius 3 is 2.76 bits per heavy atom. The topological polar surface area (TPSA) is 41.6 Å². The molecule has 1 fully saturated rings. The van der Waals surface area contributed by atoms with E-state index in [1.165, 1.54) is 0 Å². The predicted molar refractivity (Wildman–Crippen MR) is 66.1 cm³/mol. The minimum absolute atomic E-state index is 0.177. The first-order valence-electron chi connectivity index (χ1n) is 5.91. The summed E-state index contributed by atoms with van der Waals surface area (Å²) in [6.45, 7) is 3.37. The Bertz CT molecular complexity index is 387. The van der Waals surface area contributed by atoms with Gasteiger partial charge in [0.15, 0.2) is 0 Å². The van der Waals surface area contributed by atoms with Gasteiger partial charge in [0.2, 0.25) is 5.91 Å². The van der Waals surface area contributed by atoms with E-state index in [1.54, 1.807) is 7.11 Å². The van der Waals surface area contributed by atoms with Crippen LogP contribution in [0.25, 0.3) is 0 Å². The van der Waals surface area contributed by atoms with Gasteiger partial charge in [-0.3, -0.25) is 4.79 Å². The lowest BCUT2D eigenvalue weighted by molar-refractivity contribution is -0.131. The maximum atomic E-state index is 12.1. The number of benzene rings is 1. The molecule has 1 amide bonds. The van der Waals surface area contributed by atoms with E-state index in [0.29, 0.717) is 6.42 Å². The number of methoxy groups -OCH3 is 1. The minimum Gasteiger partial charge on any atom is -0.496 e. The maximum absolute atomic E-state index is 12.1. The Morgan fingerprint density at radius 1 is 1.35 bits per heavy atom. The molecule has 4 nitrogen and oxygen atoms in total. The first-order valence-corrected chi connectivity index (χ1v) is 5.91. The Hall–Kier alpha value is -1.55. The monoisotopic (exact) mass is 234 g/mol. The molecule has 0 saturated carbocycles. The van der Waals surface area contributed by atoms with Crippen molar-refractivity contribution in [3.05, 3.63) is 29.8 Å². The van der Waals surface area contributed by atoms with Crippen LogP contribution in [0.5, 0.6) is 5.75 Å². The van der Waals surface area contributed by atoms with E-state index in [9.17, 15) is 4.79 Å². The molecule has 17 heavy (non-hydrogen) atoms. The number of amides is 1. The van der Waals surface area contributed by atoms with Gasteiger partial charge in [0.05, 0.1) is 13.5 Å². The number of piperazine rings is 1. The van der Waals surface area contributed by atoms with E-state index in [0.717, 1.165) is 37.5 Å². The van der Waals surface area contributed by atoms with Crippen LogP contribution in [0.1, 0.15) is 5.56 Å². The fourth-order valence-electron chi connectivity index (χ4n) is 2.04. The van der Waals surface area contributed by atoms with Crippen molar-refractivity contribution < 1.29 is 9.53 Å². The Morgan fingerprint density at radius 2 is 2.06 bits per heavy atom. The Labute approximate surface area is 102 Å². The molecular weight excluding hydrogens is 216 g/mol. The van der Waals surface area contributed by atoms with Gasteiger partial charge in [-0.2, -0.15) is 0 Å². The zero-order chi connectivity index (χ0) is 12.1. The molecule has 2 rings (SSSR count). The second-order valence-corrected chi connectivity index (χ2v) is 4.12. The standard InChI is InChI=1S/C13H18N2O2/c1-17-12-5-3-2-4-11(12)10-13(16)15-8-6-14-7-9-15/h2-5,14H,6-10H2,1H3. The summed E-state index contributed by atoms with van der Waals surface area (Å²) in [6, 6.07) is 7.68. The van der Waals surface area contributed by atoms with Gasteiger partial charge in [0, 0.05) is 31.7 Å². The summed E-state index contributed by atoms with van der Waals surface area (Å²) >= 11 is 0. The largest absolute Gasteiger partial charge is 0.496 e. The van der Waals surface area contributed by atoms with Crippen molar-refractivity contribution in [1.29, 1.82) is 0 Å². The summed E-state index contributed by atoms with van der Waals surface area (Å²) < 4.78 is 5.25. The molecule has 0 spiro atoms. The molecule has 0 atom stereocenters. The Balaban J connectivity index is 2.01. The average molecular weight is 234 g/mol. The molecule has 1 N–H and O–H groups in total. The van der Waals surface area contributed by atoms with Gasteiger partial charge >= 0.3 is 0 Å². The molecule has 1 aliphatic heterocycles. The lowest BCUT2D eigenvalue weighted by atomic mass is 10.1. The SMILES string of the molecule is COc1ccccc1CC(=O)N1CCNCC1. The van der Waals surface area contributed by atoms with Gasteiger partial charge in [-0.15, -0.1) is 0 Å². The third-order valence-corrected chi connectivity index (χ3v) is 3.00. The van der Waals surface area contributed by atoms with Crippen LogP contribution in [-0.4, -0.2) is 44.1 Å². The van der Waals surface area contributed by atoms with Gasteiger partial charge in [0.25, 0.3) is 0 Å². The molecule has 1 aromatic carbocycles. The molecule has 0 aliphatic carbocycles. The van der Waals surface area contributed by atoms with E-state index in [-0.39, 0.29) is 5.91 Å². The van der Waals surface area contributed by atoms with Gasteiger partial charge in [0.1, 0.15) is 5.75 Å². The molecule has 1 saturated heterocycles. The van der Waals surface area contributed by atoms with Crippen LogP contribution in [0.2, 0.25) is 0 Å². The number of nitrogens with zero attached hydrogens (tertiary/aromatic N) is 1. The van der Waals surface area contributed by atoms with E-state index < -0.39 is 0 Å². The summed E-state index contributed by atoms with van der Waals surface area (Å²) in [5.41, 5.74) is 0.957. The summed E-state index contributed by atoms with van der Waals surface area (Å²) in [5.74, 6) is 0.965. The van der Waals surface area contributed by atoms with Gasteiger partial charge < -0.3 is 15.0 Å². The molecule has 1 aromatic rings. The van der Waals surface area contributed by atoms with Crippen molar-refractivity contribution in [3.8, 4) is 5.75 Å². The van der Waals surface area contributed by atoms with Gasteiger partial charge in [-0.1, -0.05) is 18.2 Å². The van der Waals surface area contributed by atoms with E-state index >= 15 is 0 Å². The normalized spacial score (nSPS) is 15.7. The van der Waals surface area contributed by atoms with Crippen molar-refractivity contribution in [1.82, 2.24) is 10.2 Å². The third-order valence-electron chi connectivity index (χ3n) is 3.00. The first kappa shape index (κ1) is 11.9. The third kappa shape index (κ3) is 2.97. The highest BCUT2D eigenvalue weighted by Crippen LogP contribution is 2.18. The fourth-order valence-corrected chi connectivity index (χ4v) is 2.04. The van der Waals surface area contributed by atoms with E-state index in [2.05, 4.69) is 5.32 Å². The number of ether oxygens (including phenoxy) is 1. The highest BCUT2D eigenvalue weighted by molar-refractivity contribution is 5.79. The number of para-hydroxylation sites is 1. The summed E-state index contributed by atoms with van der Waals surface area (Å²) in [4.78, 5) is 14.0. The lowest BCUT2D eigenvalue weighted by Gasteiger charge is -2.27. The zero-order valence-electron chi connectivity index (χ0n) is 10.1. The summed E-state index contributed by atoms with van der Waals surface area (Å²) in [5, 5.41) is 3.24. The van der Waals surface area contributed by atoms with Crippen molar-refractivity contribution >= 4 is 5.91 Å². The number of carbonyl (C=O) groups excluding carboxylic acids is 1. The molecule has 4 heteroatoms. The Kier molecular flexibility index (Phi) is 3.98. The van der Waals surface area contributed by atoms with Gasteiger partial charge in [-0.05, 0) is 6.07 Å². The second-order valence-electron chi connectivity index (χ2n) is 4.12. The van der Waals surface area contributed by atoms with Gasteiger partial charge in [-0.25, -0.2) is 0 Å². The van der Waals surface area contributed by atoms with Crippen molar-refractivity contribution in [2.45, 2.75) is 6.42 Å². The maximum Gasteiger partial charge on any atom is 0.227 e. The van der Waals surface area contributed by atoms with Crippen LogP contribution in [0, 0.1) is 0 Å². The molecule has 0 radical (unpaired) electrons. The number of rotatable bonds is 3. The molecule has 1 aliphatic rings. The van der Waals surface area contributed by atoms with Crippen molar-refractivity contribution in [3.63, 3.8) is 0 Å². The number of carbonyl (C=O) groups is 1. The molecule has 0 bridgehead atoms. The highest BCUT2D eigenvalue weighted by atomic mass is 16.5. The number of nitrogens with one attached hydrogen (secondary N) is 1. The molecule has 1 heterocycles. The van der Waals surface area contributed by atoms with Crippen LogP contribution in [0.4, 0.5) is 0 Å². The lowest BCUT2D eigenvalue weighted by Crippen LogP contribution is -2.46. The zero-order valence-corrected chi connectivity index (χ0v) is 10.1. The summed E-state index contributed by atoms with van der Waals surface area (Å²) in [7, 11) is 1.63. The fraction of sp³-hybridized carbons (Fsp3) is 0.462. The highest BCUT2D eigenvalue weighted by Gasteiger charge is 2.17. The van der Waals surface area contributed by atoms with E-state index in [1.807, 2.05) is 29.2 Å². The predicted octanol–water partition coefficient (Wildman–Crippen LogP) is 0.669. The van der Waals surface area contributed by atoms with Crippen LogP contribution in [-0.2, 0) is 11.2 Å². The van der Waals surface area contributed by atoms with Crippen molar-refractivity contribution in [2.75, 3.05) is 33.3 Å². The van der Waals surface area contributed by atoms with Crippen molar-refractivity contribution in [2.24, 2.45) is 0 Å². The molecule has 0 unspecified atom stereocenters. The van der Waals surface area contributed by atoms with Crippen LogP contribution < -0.4 is 10.1 Å². The number of hydrogen-bond acceptors (Lipinski definition) is 3. The van der Waals surface area contributed by atoms with Crippen LogP contribution in [0.3, 0.4) is 0 Å². The molecular formula is C13H18N2O2. The smallest absolute Gasteiger partial charge is 0.227 e. The average Bonchev–Trinajstić information content (AvgIpc) is 2.40. The first-order chi connectivity index (χ1) is 8.31. The van der Waals surface area contributed by atoms with Crippen LogP contribution in [0.15, 0.2) is 24.3 Å². The molecule has 0 aromatic heterocycles.